The average molecular weight is 540 g/mol. The number of amides is 1. The van der Waals surface area contributed by atoms with Crippen molar-refractivity contribution in [3.05, 3.63) is 69.6 Å². The molecule has 0 aliphatic heterocycles. The smallest absolute Gasteiger partial charge is 0.342 e. The molecular formula is C26H26ClN5O4S. The highest BCUT2D eigenvalue weighted by Crippen LogP contribution is 2.37. The Balaban J connectivity index is 1.88. The lowest BCUT2D eigenvalue weighted by molar-refractivity contribution is 0.0525. The molecule has 11 heteroatoms. The summed E-state index contributed by atoms with van der Waals surface area (Å²) in [7, 11) is 0. The number of azo groups is 1. The normalized spacial score (nSPS) is 10.8. The van der Waals surface area contributed by atoms with E-state index in [0.717, 1.165) is 5.69 Å². The third-order valence-electron chi connectivity index (χ3n) is 5.21. The van der Waals surface area contributed by atoms with Crippen LogP contribution >= 0.6 is 22.9 Å². The number of halogens is 1. The lowest BCUT2D eigenvalue weighted by atomic mass is 10.1. The van der Waals surface area contributed by atoms with Crippen molar-refractivity contribution in [3.8, 4) is 6.07 Å². The molecule has 0 unspecified atom stereocenters. The van der Waals surface area contributed by atoms with Gasteiger partial charge in [-0.15, -0.1) is 21.6 Å². The molecule has 0 aliphatic rings. The van der Waals surface area contributed by atoms with Crippen LogP contribution in [0, 0.1) is 18.3 Å². The molecule has 3 aromatic rings. The molecule has 1 heterocycles. The van der Waals surface area contributed by atoms with Gasteiger partial charge in [0.1, 0.15) is 5.56 Å². The summed E-state index contributed by atoms with van der Waals surface area (Å²) in [5.41, 5.74) is 2.13. The van der Waals surface area contributed by atoms with Gasteiger partial charge >= 0.3 is 5.97 Å². The number of hydrogen-bond acceptors (Lipinski definition) is 9. The molecule has 2 aromatic carbocycles. The van der Waals surface area contributed by atoms with E-state index in [-0.39, 0.29) is 29.3 Å². The number of thiophene rings is 1. The number of nitriles is 1. The maximum Gasteiger partial charge on any atom is 0.342 e. The van der Waals surface area contributed by atoms with E-state index >= 15 is 0 Å². The number of anilines is 2. The van der Waals surface area contributed by atoms with E-state index in [0.29, 0.717) is 40.8 Å². The minimum Gasteiger partial charge on any atom is -0.462 e. The summed E-state index contributed by atoms with van der Waals surface area (Å²) >= 11 is 7.09. The number of esters is 1. The number of nitrogens with one attached hydrogen (secondary N) is 1. The Kier molecular flexibility index (Phi) is 10.1. The van der Waals surface area contributed by atoms with Crippen molar-refractivity contribution in [2.45, 2.75) is 20.3 Å². The molecule has 9 nitrogen and oxygen atoms in total. The maximum atomic E-state index is 13.1. The van der Waals surface area contributed by atoms with E-state index in [1.807, 2.05) is 17.0 Å². The van der Waals surface area contributed by atoms with Crippen LogP contribution in [-0.2, 0) is 4.74 Å². The molecule has 1 aromatic heterocycles. The van der Waals surface area contributed by atoms with Crippen molar-refractivity contribution in [2.24, 2.45) is 10.2 Å². The fourth-order valence-corrected chi connectivity index (χ4v) is 4.58. The maximum absolute atomic E-state index is 13.1. The van der Waals surface area contributed by atoms with Gasteiger partial charge in [-0.1, -0.05) is 11.6 Å². The van der Waals surface area contributed by atoms with Gasteiger partial charge in [-0.2, -0.15) is 5.26 Å². The Hall–Kier alpha value is -3.78. The van der Waals surface area contributed by atoms with Crippen molar-refractivity contribution >= 4 is 56.9 Å². The first-order valence-electron chi connectivity index (χ1n) is 11.5. The number of nitrogens with zero attached hydrogens (tertiary/aromatic N) is 4. The highest BCUT2D eigenvalue weighted by Gasteiger charge is 2.28. The molecule has 0 fully saturated rings. The molecule has 0 atom stereocenters. The summed E-state index contributed by atoms with van der Waals surface area (Å²) in [4.78, 5) is 28.4. The second-order valence-corrected chi connectivity index (χ2v) is 9.37. The lowest BCUT2D eigenvalue weighted by Gasteiger charge is -2.22. The van der Waals surface area contributed by atoms with Crippen LogP contribution in [0.3, 0.4) is 0 Å². The summed E-state index contributed by atoms with van der Waals surface area (Å²) < 4.78 is 5.21. The van der Waals surface area contributed by atoms with Crippen LogP contribution in [0.4, 0.5) is 22.1 Å². The van der Waals surface area contributed by atoms with E-state index < -0.39 is 11.9 Å². The second kappa shape index (κ2) is 13.5. The van der Waals surface area contributed by atoms with Crippen molar-refractivity contribution in [3.63, 3.8) is 0 Å². The molecule has 0 bridgehead atoms. The first-order valence-corrected chi connectivity index (χ1v) is 12.7. The number of hydrogen-bond donors (Lipinski definition) is 2. The van der Waals surface area contributed by atoms with Gasteiger partial charge < -0.3 is 20.1 Å². The zero-order valence-corrected chi connectivity index (χ0v) is 22.0. The Labute approximate surface area is 224 Å². The fraction of sp³-hybridized carbons (Fsp3) is 0.269. The van der Waals surface area contributed by atoms with Gasteiger partial charge in [0, 0.05) is 34.4 Å². The number of ether oxygens (including phenoxy) is 1. The summed E-state index contributed by atoms with van der Waals surface area (Å²) in [6.07, 6.45) is 0.337. The van der Waals surface area contributed by atoms with Gasteiger partial charge in [-0.3, -0.25) is 4.79 Å². The number of aliphatic hydroxyl groups is 1. The standard InChI is InChI=1S/C26H26ClN5O4S/c1-3-36-26(35)23-22(24(34)29-19-7-5-18(27)6-8-19)17(2)37-25(23)31-30-20-9-11-21(12-10-20)32(15-16-33)14-4-13-28/h5-12,33H,3-4,14-16H2,1-2H3,(H,29,34). The summed E-state index contributed by atoms with van der Waals surface area (Å²) in [5, 5.41) is 30.3. The second-order valence-electron chi connectivity index (χ2n) is 7.73. The highest BCUT2D eigenvalue weighted by atomic mass is 35.5. The van der Waals surface area contributed by atoms with Gasteiger partial charge in [0.25, 0.3) is 5.91 Å². The highest BCUT2D eigenvalue weighted by molar-refractivity contribution is 7.16. The molecule has 1 amide bonds. The van der Waals surface area contributed by atoms with Crippen LogP contribution in [0.15, 0.2) is 58.8 Å². The Bertz CT molecular complexity index is 1300. The zero-order valence-electron chi connectivity index (χ0n) is 20.4. The van der Waals surface area contributed by atoms with Crippen molar-refractivity contribution in [1.29, 1.82) is 5.26 Å². The van der Waals surface area contributed by atoms with Gasteiger partial charge in [0.05, 0.1) is 37.0 Å². The largest absolute Gasteiger partial charge is 0.462 e. The van der Waals surface area contributed by atoms with Gasteiger partial charge in [-0.05, 0) is 62.4 Å². The number of carbonyl (C=O) groups excluding carboxylic acids is 2. The van der Waals surface area contributed by atoms with E-state index in [2.05, 4.69) is 21.6 Å². The van der Waals surface area contributed by atoms with Crippen LogP contribution in [0.2, 0.25) is 5.02 Å². The summed E-state index contributed by atoms with van der Waals surface area (Å²) in [6, 6.07) is 15.9. The molecular weight excluding hydrogens is 514 g/mol. The minimum absolute atomic E-state index is 0.0326. The molecule has 192 valence electrons. The predicted molar refractivity (Wildman–Crippen MR) is 145 cm³/mol. The van der Waals surface area contributed by atoms with Gasteiger partial charge in [0.2, 0.25) is 0 Å². The summed E-state index contributed by atoms with van der Waals surface area (Å²) in [5.74, 6) is -1.12. The molecule has 37 heavy (non-hydrogen) atoms. The van der Waals surface area contributed by atoms with E-state index in [4.69, 9.17) is 21.6 Å². The van der Waals surface area contributed by atoms with Crippen LogP contribution in [0.25, 0.3) is 0 Å². The SMILES string of the molecule is CCOC(=O)c1c(N=Nc2ccc(N(CCO)CCC#N)cc2)sc(C)c1C(=O)Nc1ccc(Cl)cc1. The average Bonchev–Trinajstić information content (AvgIpc) is 3.23. The third-order valence-corrected chi connectivity index (χ3v) is 6.45. The van der Waals surface area contributed by atoms with Crippen LogP contribution in [-0.4, -0.2) is 43.3 Å². The number of aliphatic hydroxyl groups excluding tert-OH is 1. The van der Waals surface area contributed by atoms with E-state index in [1.54, 1.807) is 50.2 Å². The van der Waals surface area contributed by atoms with Crippen molar-refractivity contribution < 1.29 is 19.4 Å². The number of rotatable bonds is 11. The lowest BCUT2D eigenvalue weighted by Crippen LogP contribution is -2.27. The number of aryl methyl sites for hydroxylation is 1. The third kappa shape index (κ3) is 7.36. The van der Waals surface area contributed by atoms with Gasteiger partial charge in [0.15, 0.2) is 5.00 Å². The number of carbonyl (C=O) groups is 2. The fourth-order valence-electron chi connectivity index (χ4n) is 3.50. The molecule has 0 spiro atoms. The topological polar surface area (TPSA) is 127 Å². The quantitative estimate of drug-likeness (QED) is 0.218. The van der Waals surface area contributed by atoms with E-state index in [1.165, 1.54) is 11.3 Å². The van der Waals surface area contributed by atoms with Crippen LogP contribution in [0.5, 0.6) is 0 Å². The minimum atomic E-state index is -0.658. The first kappa shape index (κ1) is 27.8. The van der Waals surface area contributed by atoms with Gasteiger partial charge in [-0.25, -0.2) is 4.79 Å². The zero-order chi connectivity index (χ0) is 26.8. The molecule has 3 rings (SSSR count). The summed E-state index contributed by atoms with van der Waals surface area (Å²) in [6.45, 7) is 4.42. The molecule has 0 saturated carbocycles. The Morgan fingerprint density at radius 1 is 1.11 bits per heavy atom. The molecule has 0 radical (unpaired) electrons. The predicted octanol–water partition coefficient (Wildman–Crippen LogP) is 6.27. The Morgan fingerprint density at radius 2 is 1.81 bits per heavy atom. The first-order chi connectivity index (χ1) is 17.9. The monoisotopic (exact) mass is 539 g/mol. The Morgan fingerprint density at radius 3 is 2.43 bits per heavy atom. The van der Waals surface area contributed by atoms with Crippen molar-refractivity contribution in [1.82, 2.24) is 0 Å². The molecule has 0 saturated heterocycles. The van der Waals surface area contributed by atoms with Crippen molar-refractivity contribution in [2.75, 3.05) is 36.5 Å². The molecule has 0 aliphatic carbocycles. The van der Waals surface area contributed by atoms with Crippen LogP contribution < -0.4 is 10.2 Å². The number of benzene rings is 2. The molecule has 2 N–H and O–H groups in total. The van der Waals surface area contributed by atoms with Crippen LogP contribution in [0.1, 0.15) is 38.9 Å². The van der Waals surface area contributed by atoms with E-state index in [9.17, 15) is 14.7 Å².